The quantitative estimate of drug-likeness (QED) is 0.771. The summed E-state index contributed by atoms with van der Waals surface area (Å²) in [5.74, 6) is -0.982. The maximum Gasteiger partial charge on any atom is 0.256 e. The second-order valence-corrected chi connectivity index (χ2v) is 3.61. The van der Waals surface area contributed by atoms with Gasteiger partial charge in [0.25, 0.3) is 5.91 Å². The molecule has 0 aromatic heterocycles. The van der Waals surface area contributed by atoms with Gasteiger partial charge in [0.1, 0.15) is 5.82 Å². The van der Waals surface area contributed by atoms with E-state index in [1.54, 1.807) is 0 Å². The van der Waals surface area contributed by atoms with Crippen LogP contribution < -0.4 is 5.32 Å². The fourth-order valence-electron chi connectivity index (χ4n) is 1.99. The number of nitrogens with one attached hydrogen (secondary N) is 1. The normalized spacial score (nSPS) is 16.0. The Balaban J connectivity index is 2.45. The van der Waals surface area contributed by atoms with Gasteiger partial charge in [0.2, 0.25) is 0 Å². The van der Waals surface area contributed by atoms with Crippen molar-refractivity contribution >= 4 is 22.4 Å². The zero-order chi connectivity index (χ0) is 13.1. The highest BCUT2D eigenvalue weighted by Crippen LogP contribution is 2.35. The third-order valence-electron chi connectivity index (χ3n) is 2.68. The zero-order valence-corrected chi connectivity index (χ0v) is 8.04. The summed E-state index contributed by atoms with van der Waals surface area (Å²) < 4.78 is 28.2. The molecule has 2 aromatic carbocycles. The van der Waals surface area contributed by atoms with Crippen LogP contribution in [0.4, 0.5) is 10.1 Å². The summed E-state index contributed by atoms with van der Waals surface area (Å²) in [6.07, 6.45) is 0. The number of amides is 1. The third-order valence-corrected chi connectivity index (χ3v) is 2.68. The van der Waals surface area contributed by atoms with E-state index >= 15 is 0 Å². The van der Waals surface area contributed by atoms with E-state index < -0.39 is 18.3 Å². The van der Waals surface area contributed by atoms with Gasteiger partial charge < -0.3 is 10.4 Å². The molecule has 2 N–H and O–H groups in total. The van der Waals surface area contributed by atoms with Crippen LogP contribution in [0, 0.1) is 5.82 Å². The Labute approximate surface area is 93.3 Å². The molecule has 80 valence electrons. The average Bonchev–Trinajstić information content (AvgIpc) is 2.61. The van der Waals surface area contributed by atoms with E-state index in [1.807, 2.05) is 0 Å². The smallest absolute Gasteiger partial charge is 0.256 e. The van der Waals surface area contributed by atoms with E-state index in [1.165, 1.54) is 24.3 Å². The number of rotatable bonds is 1. The Morgan fingerprint density at radius 2 is 2.25 bits per heavy atom. The van der Waals surface area contributed by atoms with Crippen LogP contribution in [0.5, 0.6) is 0 Å². The first-order valence-electron chi connectivity index (χ1n) is 5.68. The number of halogens is 1. The Morgan fingerprint density at radius 3 is 3.00 bits per heavy atom. The molecule has 1 aliphatic rings. The molecule has 0 saturated carbocycles. The van der Waals surface area contributed by atoms with Crippen LogP contribution in [0.3, 0.4) is 0 Å². The van der Waals surface area contributed by atoms with Gasteiger partial charge in [0, 0.05) is 16.5 Å². The van der Waals surface area contributed by atoms with Crippen LogP contribution >= 0.6 is 0 Å². The van der Waals surface area contributed by atoms with Gasteiger partial charge in [-0.2, -0.15) is 0 Å². The fraction of sp³-hybridized carbons (Fsp3) is 0.0833. The maximum absolute atomic E-state index is 13.7. The summed E-state index contributed by atoms with van der Waals surface area (Å²) >= 11 is 0. The third kappa shape index (κ3) is 1.07. The first kappa shape index (κ1) is 7.35. The summed E-state index contributed by atoms with van der Waals surface area (Å²) in [6, 6.07) is 5.12. The number of benzene rings is 2. The van der Waals surface area contributed by atoms with Gasteiger partial charge in [-0.1, -0.05) is 0 Å². The van der Waals surface area contributed by atoms with Crippen LogP contribution in [0.25, 0.3) is 10.8 Å². The van der Waals surface area contributed by atoms with Crippen molar-refractivity contribution < 1.29 is 17.0 Å². The average molecular weight is 219 g/mol. The highest BCUT2D eigenvalue weighted by atomic mass is 19.1. The Morgan fingerprint density at radius 1 is 1.44 bits per heavy atom. The van der Waals surface area contributed by atoms with Gasteiger partial charge in [0.05, 0.1) is 14.9 Å². The van der Waals surface area contributed by atoms with E-state index in [0.717, 1.165) is 0 Å². The molecule has 3 nitrogen and oxygen atoms in total. The number of carbonyl (C=O) groups is 1. The van der Waals surface area contributed by atoms with Gasteiger partial charge in [0.15, 0.2) is 0 Å². The highest BCUT2D eigenvalue weighted by molar-refractivity contribution is 6.24. The Kier molecular flexibility index (Phi) is 1.39. The number of hydrogen-bond acceptors (Lipinski definition) is 2. The predicted molar refractivity (Wildman–Crippen MR) is 57.8 cm³/mol. The van der Waals surface area contributed by atoms with Gasteiger partial charge in [-0.25, -0.2) is 4.39 Å². The number of aliphatic hydroxyl groups is 1. The van der Waals surface area contributed by atoms with Crippen LogP contribution in [0.15, 0.2) is 24.3 Å². The molecule has 2 aromatic rings. The minimum Gasteiger partial charge on any atom is -0.392 e. The Bertz CT molecular complexity index is 695. The van der Waals surface area contributed by atoms with E-state index in [2.05, 4.69) is 5.32 Å². The van der Waals surface area contributed by atoms with Crippen molar-refractivity contribution in [2.24, 2.45) is 0 Å². The molecule has 1 aliphatic heterocycles. The van der Waals surface area contributed by atoms with Crippen molar-refractivity contribution in [3.05, 3.63) is 41.2 Å². The fourth-order valence-corrected chi connectivity index (χ4v) is 1.99. The molecule has 0 fully saturated rings. The van der Waals surface area contributed by atoms with Crippen molar-refractivity contribution in [1.29, 1.82) is 0 Å². The first-order valence-corrected chi connectivity index (χ1v) is 4.68. The predicted octanol–water partition coefficient (Wildman–Crippen LogP) is 2.04. The van der Waals surface area contributed by atoms with Crippen LogP contribution in [0.2, 0.25) is 0 Å². The lowest BCUT2D eigenvalue weighted by Crippen LogP contribution is -2.04. The van der Waals surface area contributed by atoms with Crippen molar-refractivity contribution in [2.45, 2.75) is 6.56 Å². The van der Waals surface area contributed by atoms with Gasteiger partial charge in [-0.15, -0.1) is 0 Å². The van der Waals surface area contributed by atoms with Crippen molar-refractivity contribution in [3.63, 3.8) is 0 Å². The second kappa shape index (κ2) is 3.02. The summed E-state index contributed by atoms with van der Waals surface area (Å²) in [4.78, 5) is 11.7. The molecule has 0 bridgehead atoms. The molecular formula is C12H8FNO2. The molecular weight excluding hydrogens is 209 g/mol. The van der Waals surface area contributed by atoms with Crippen molar-refractivity contribution in [2.75, 3.05) is 5.32 Å². The molecule has 1 amide bonds. The van der Waals surface area contributed by atoms with Crippen LogP contribution in [-0.2, 0) is 6.56 Å². The molecule has 1 heterocycles. The molecule has 0 radical (unpaired) electrons. The molecule has 0 atom stereocenters. The number of carbonyl (C=O) groups excluding carboxylic acids is 1. The minimum atomic E-state index is -2.62. The summed E-state index contributed by atoms with van der Waals surface area (Å²) in [7, 11) is 0. The molecule has 0 spiro atoms. The molecule has 0 aliphatic carbocycles. The monoisotopic (exact) mass is 219 g/mol. The summed E-state index contributed by atoms with van der Waals surface area (Å²) in [5.41, 5.74) is 0.532. The lowest BCUT2D eigenvalue weighted by Gasteiger charge is -2.03. The lowest BCUT2D eigenvalue weighted by molar-refractivity contribution is 0.103. The standard InChI is InChI=1S/C12H8FNO2/c13-9-1-2-10-11-7(9)3-6(5-15)4-8(11)12(16)14-10/h1-4,15H,5H2,(H,14,16)/i5D2. The van der Waals surface area contributed by atoms with E-state index in [9.17, 15) is 14.3 Å². The molecule has 0 saturated heterocycles. The first-order chi connectivity index (χ1) is 8.38. The van der Waals surface area contributed by atoms with Gasteiger partial charge in [-0.3, -0.25) is 4.79 Å². The lowest BCUT2D eigenvalue weighted by atomic mass is 10.0. The van der Waals surface area contributed by atoms with Gasteiger partial charge in [-0.05, 0) is 29.8 Å². The maximum atomic E-state index is 13.7. The number of anilines is 1. The van der Waals surface area contributed by atoms with Gasteiger partial charge >= 0.3 is 0 Å². The summed E-state index contributed by atoms with van der Waals surface area (Å²) in [5, 5.41) is 12.5. The van der Waals surface area contributed by atoms with E-state index in [4.69, 9.17) is 2.74 Å². The number of hydrogen-bond donors (Lipinski definition) is 2. The minimum absolute atomic E-state index is 0.122. The SMILES string of the molecule is [2H]C([2H])(O)c1cc2c3c(ccc(F)c3c1)NC2=O. The molecule has 4 heteroatoms. The van der Waals surface area contributed by atoms with Crippen molar-refractivity contribution in [3.8, 4) is 0 Å². The molecule has 3 rings (SSSR count). The Hall–Kier alpha value is -1.94. The topological polar surface area (TPSA) is 49.3 Å². The van der Waals surface area contributed by atoms with Crippen molar-refractivity contribution in [1.82, 2.24) is 0 Å². The largest absolute Gasteiger partial charge is 0.392 e. The van der Waals surface area contributed by atoms with Crippen LogP contribution in [-0.4, -0.2) is 11.0 Å². The second-order valence-electron chi connectivity index (χ2n) is 3.61. The molecule has 16 heavy (non-hydrogen) atoms. The highest BCUT2D eigenvalue weighted by Gasteiger charge is 2.23. The van der Waals surface area contributed by atoms with E-state index in [-0.39, 0.29) is 16.5 Å². The zero-order valence-electron chi connectivity index (χ0n) is 10.0. The van der Waals surface area contributed by atoms with Crippen LogP contribution in [0.1, 0.15) is 18.7 Å². The molecule has 0 unspecified atom stereocenters. The van der Waals surface area contributed by atoms with E-state index in [0.29, 0.717) is 11.1 Å². The summed E-state index contributed by atoms with van der Waals surface area (Å²) in [6.45, 7) is -2.62.